The van der Waals surface area contributed by atoms with Crippen molar-refractivity contribution in [3.05, 3.63) is 29.8 Å². The van der Waals surface area contributed by atoms with Crippen LogP contribution in [0.1, 0.15) is 39.7 Å². The van der Waals surface area contributed by atoms with Gasteiger partial charge in [-0.15, -0.1) is 0 Å². The Kier molecular flexibility index (Phi) is 5.10. The number of amides is 1. The zero-order valence-electron chi connectivity index (χ0n) is 11.9. The van der Waals surface area contributed by atoms with Gasteiger partial charge < -0.3 is 10.1 Å². The van der Waals surface area contributed by atoms with Crippen molar-refractivity contribution in [2.75, 3.05) is 11.9 Å². The summed E-state index contributed by atoms with van der Waals surface area (Å²) in [7, 11) is 0. The van der Waals surface area contributed by atoms with Gasteiger partial charge in [-0.25, -0.2) is 0 Å². The summed E-state index contributed by atoms with van der Waals surface area (Å²) >= 11 is 0. The van der Waals surface area contributed by atoms with Crippen molar-refractivity contribution in [2.24, 2.45) is 0 Å². The van der Waals surface area contributed by atoms with Crippen LogP contribution in [0.4, 0.5) is 5.69 Å². The number of esters is 1. The first-order valence-corrected chi connectivity index (χ1v) is 6.39. The lowest BCUT2D eigenvalue weighted by molar-refractivity contribution is -0.146. The minimum absolute atomic E-state index is 0.0825. The van der Waals surface area contributed by atoms with Gasteiger partial charge in [-0.1, -0.05) is 39.8 Å². The third kappa shape index (κ3) is 5.12. The van der Waals surface area contributed by atoms with Gasteiger partial charge in [0.15, 0.2) is 6.61 Å². The second kappa shape index (κ2) is 6.36. The van der Waals surface area contributed by atoms with Crippen molar-refractivity contribution in [3.8, 4) is 0 Å². The molecule has 104 valence electrons. The lowest BCUT2D eigenvalue weighted by Crippen LogP contribution is -2.20. The van der Waals surface area contributed by atoms with Gasteiger partial charge in [-0.05, 0) is 23.1 Å². The van der Waals surface area contributed by atoms with E-state index in [0.29, 0.717) is 5.69 Å². The molecule has 4 heteroatoms. The molecule has 1 aromatic carbocycles. The van der Waals surface area contributed by atoms with Crippen molar-refractivity contribution in [1.29, 1.82) is 0 Å². The Balaban J connectivity index is 2.54. The van der Waals surface area contributed by atoms with Crippen LogP contribution >= 0.6 is 0 Å². The maximum atomic E-state index is 11.5. The van der Waals surface area contributed by atoms with E-state index in [0.717, 1.165) is 0 Å². The molecule has 0 fully saturated rings. The Morgan fingerprint density at radius 1 is 1.16 bits per heavy atom. The second-order valence-corrected chi connectivity index (χ2v) is 5.39. The first-order chi connectivity index (χ1) is 8.82. The van der Waals surface area contributed by atoms with Crippen LogP contribution < -0.4 is 5.32 Å². The van der Waals surface area contributed by atoms with Crippen LogP contribution in [-0.2, 0) is 19.7 Å². The minimum atomic E-state index is -0.377. The molecule has 0 aliphatic heterocycles. The van der Waals surface area contributed by atoms with Crippen LogP contribution in [0.25, 0.3) is 0 Å². The molecular formula is C15H21NO3. The lowest BCUT2D eigenvalue weighted by atomic mass is 9.87. The Labute approximate surface area is 114 Å². The first-order valence-electron chi connectivity index (χ1n) is 6.39. The summed E-state index contributed by atoms with van der Waals surface area (Å²) in [6.07, 6.45) is 0.271. The summed E-state index contributed by atoms with van der Waals surface area (Å²) in [5, 5.41) is 2.68. The fourth-order valence-electron chi connectivity index (χ4n) is 1.50. The van der Waals surface area contributed by atoms with Gasteiger partial charge in [0.25, 0.3) is 5.91 Å². The molecule has 1 N–H and O–H groups in total. The Morgan fingerprint density at radius 2 is 1.74 bits per heavy atom. The Hall–Kier alpha value is -1.84. The van der Waals surface area contributed by atoms with E-state index in [1.54, 1.807) is 6.92 Å². The number of carbonyl (C=O) groups excluding carboxylic acids is 2. The molecule has 0 atom stereocenters. The van der Waals surface area contributed by atoms with Crippen LogP contribution in [0, 0.1) is 0 Å². The van der Waals surface area contributed by atoms with Gasteiger partial charge in [0.1, 0.15) is 0 Å². The molecule has 0 heterocycles. The number of carbonyl (C=O) groups is 2. The number of benzene rings is 1. The smallest absolute Gasteiger partial charge is 0.306 e. The molecule has 0 saturated carbocycles. The number of hydrogen-bond donors (Lipinski definition) is 1. The van der Waals surface area contributed by atoms with E-state index >= 15 is 0 Å². The van der Waals surface area contributed by atoms with Crippen LogP contribution in [0.3, 0.4) is 0 Å². The number of ether oxygens (including phenoxy) is 1. The average molecular weight is 263 g/mol. The van der Waals surface area contributed by atoms with Crippen molar-refractivity contribution in [1.82, 2.24) is 0 Å². The van der Waals surface area contributed by atoms with E-state index in [2.05, 4.69) is 26.1 Å². The Bertz CT molecular complexity index is 443. The van der Waals surface area contributed by atoms with Crippen LogP contribution in [0.5, 0.6) is 0 Å². The monoisotopic (exact) mass is 263 g/mol. The highest BCUT2D eigenvalue weighted by Crippen LogP contribution is 2.23. The highest BCUT2D eigenvalue weighted by Gasteiger charge is 2.13. The van der Waals surface area contributed by atoms with Crippen molar-refractivity contribution in [2.45, 2.75) is 39.5 Å². The molecule has 0 unspecified atom stereocenters. The summed E-state index contributed by atoms with van der Waals surface area (Å²) in [4.78, 5) is 22.4. The molecule has 4 nitrogen and oxygen atoms in total. The van der Waals surface area contributed by atoms with Crippen molar-refractivity contribution < 1.29 is 14.3 Å². The molecule has 0 aromatic heterocycles. The van der Waals surface area contributed by atoms with E-state index in [-0.39, 0.29) is 30.3 Å². The zero-order valence-corrected chi connectivity index (χ0v) is 11.9. The molecule has 1 rings (SSSR count). The quantitative estimate of drug-likeness (QED) is 0.850. The summed E-state index contributed by atoms with van der Waals surface area (Å²) in [6, 6.07) is 7.65. The molecule has 0 bridgehead atoms. The SMILES string of the molecule is CCC(=O)OCC(=O)Nc1ccc(C(C)(C)C)cc1. The molecule has 0 aliphatic rings. The summed E-state index contributed by atoms with van der Waals surface area (Å²) in [5.74, 6) is -0.705. The molecule has 0 radical (unpaired) electrons. The zero-order chi connectivity index (χ0) is 14.5. The number of hydrogen-bond acceptors (Lipinski definition) is 3. The molecule has 0 saturated heterocycles. The maximum Gasteiger partial charge on any atom is 0.306 e. The Morgan fingerprint density at radius 3 is 2.21 bits per heavy atom. The van der Waals surface area contributed by atoms with Crippen LogP contribution in [0.15, 0.2) is 24.3 Å². The predicted octanol–water partition coefficient (Wildman–Crippen LogP) is 2.88. The van der Waals surface area contributed by atoms with E-state index in [1.165, 1.54) is 5.56 Å². The van der Waals surface area contributed by atoms with Crippen molar-refractivity contribution in [3.63, 3.8) is 0 Å². The molecule has 0 aliphatic carbocycles. The van der Waals surface area contributed by atoms with E-state index in [1.807, 2.05) is 24.3 Å². The summed E-state index contributed by atoms with van der Waals surface area (Å²) in [6.45, 7) is 7.83. The molecular weight excluding hydrogens is 242 g/mol. The van der Waals surface area contributed by atoms with Gasteiger partial charge in [-0.3, -0.25) is 9.59 Å². The van der Waals surface area contributed by atoms with Gasteiger partial charge in [0.05, 0.1) is 0 Å². The van der Waals surface area contributed by atoms with Gasteiger partial charge in [-0.2, -0.15) is 0 Å². The largest absolute Gasteiger partial charge is 0.456 e. The maximum absolute atomic E-state index is 11.5. The predicted molar refractivity (Wildman–Crippen MR) is 75.0 cm³/mol. The first kappa shape index (κ1) is 15.2. The standard InChI is InChI=1S/C15H21NO3/c1-5-14(18)19-10-13(17)16-12-8-6-11(7-9-12)15(2,3)4/h6-9H,5,10H2,1-4H3,(H,16,17). The highest BCUT2D eigenvalue weighted by molar-refractivity contribution is 5.92. The lowest BCUT2D eigenvalue weighted by Gasteiger charge is -2.19. The number of anilines is 1. The van der Waals surface area contributed by atoms with E-state index in [4.69, 9.17) is 4.74 Å². The molecule has 19 heavy (non-hydrogen) atoms. The number of nitrogens with one attached hydrogen (secondary N) is 1. The average Bonchev–Trinajstić information content (AvgIpc) is 2.35. The van der Waals surface area contributed by atoms with Crippen LogP contribution in [-0.4, -0.2) is 18.5 Å². The second-order valence-electron chi connectivity index (χ2n) is 5.39. The molecule has 0 spiro atoms. The topological polar surface area (TPSA) is 55.4 Å². The third-order valence-electron chi connectivity index (χ3n) is 2.69. The third-order valence-corrected chi connectivity index (χ3v) is 2.69. The fourth-order valence-corrected chi connectivity index (χ4v) is 1.50. The molecule has 1 amide bonds. The summed E-state index contributed by atoms with van der Waals surface area (Å²) < 4.78 is 4.75. The summed E-state index contributed by atoms with van der Waals surface area (Å²) in [5.41, 5.74) is 1.98. The van der Waals surface area contributed by atoms with Gasteiger partial charge >= 0.3 is 5.97 Å². The van der Waals surface area contributed by atoms with E-state index in [9.17, 15) is 9.59 Å². The normalized spacial score (nSPS) is 10.9. The number of rotatable bonds is 4. The van der Waals surface area contributed by atoms with E-state index < -0.39 is 0 Å². The molecule has 1 aromatic rings. The minimum Gasteiger partial charge on any atom is -0.456 e. The van der Waals surface area contributed by atoms with Gasteiger partial charge in [0, 0.05) is 12.1 Å². The van der Waals surface area contributed by atoms with Crippen LogP contribution in [0.2, 0.25) is 0 Å². The van der Waals surface area contributed by atoms with Gasteiger partial charge in [0.2, 0.25) is 0 Å². The van der Waals surface area contributed by atoms with Crippen molar-refractivity contribution >= 4 is 17.6 Å². The fraction of sp³-hybridized carbons (Fsp3) is 0.467. The highest BCUT2D eigenvalue weighted by atomic mass is 16.5.